The van der Waals surface area contributed by atoms with Gasteiger partial charge in [0.1, 0.15) is 0 Å². The van der Waals surface area contributed by atoms with Crippen LogP contribution in [0.5, 0.6) is 0 Å². The van der Waals surface area contributed by atoms with Crippen LogP contribution in [0.3, 0.4) is 0 Å². The van der Waals surface area contributed by atoms with Crippen LogP contribution in [-0.2, 0) is 11.3 Å². The van der Waals surface area contributed by atoms with Gasteiger partial charge in [-0.2, -0.15) is 5.10 Å². The van der Waals surface area contributed by atoms with E-state index < -0.39 is 0 Å². The number of hydrogen-bond donors (Lipinski definition) is 1. The lowest BCUT2D eigenvalue weighted by Gasteiger charge is -2.56. The quantitative estimate of drug-likeness (QED) is 0.910. The van der Waals surface area contributed by atoms with Gasteiger partial charge < -0.3 is 14.7 Å². The van der Waals surface area contributed by atoms with Crippen molar-refractivity contribution in [2.75, 3.05) is 19.7 Å². The molecule has 2 aliphatic rings. The third kappa shape index (κ3) is 2.44. The Labute approximate surface area is 131 Å². The van der Waals surface area contributed by atoms with Crippen molar-refractivity contribution < 1.29 is 14.6 Å². The smallest absolute Gasteiger partial charge is 0.257 e. The molecule has 1 N–H and O–H groups in total. The summed E-state index contributed by atoms with van der Waals surface area (Å²) in [6.45, 7) is 6.78. The van der Waals surface area contributed by atoms with E-state index in [0.29, 0.717) is 25.3 Å². The molecule has 6 heteroatoms. The number of aromatic nitrogens is 2. The van der Waals surface area contributed by atoms with E-state index in [0.717, 1.165) is 25.8 Å². The Morgan fingerprint density at radius 1 is 1.45 bits per heavy atom. The Bertz CT molecular complexity index is 532. The summed E-state index contributed by atoms with van der Waals surface area (Å²) in [6, 6.07) is 0. The summed E-state index contributed by atoms with van der Waals surface area (Å²) in [5, 5.41) is 14.4. The number of nitrogens with zero attached hydrogens (tertiary/aromatic N) is 3. The van der Waals surface area contributed by atoms with Crippen LogP contribution in [0, 0.1) is 5.41 Å². The number of aliphatic hydroxyl groups is 1. The second-order valence-electron chi connectivity index (χ2n) is 6.31. The molecule has 22 heavy (non-hydrogen) atoms. The standard InChI is InChI=1S/C16H25N3O3/c1-3-19-11-12(10-17-19)15(21)18-7-5-16(6-8-18)13(20)9-14(16)22-4-2/h10-11,13-14,20H,3-9H2,1-2H3. The number of aryl methyl sites for hydroxylation is 1. The molecular weight excluding hydrogens is 282 g/mol. The van der Waals surface area contributed by atoms with E-state index in [4.69, 9.17) is 4.74 Å². The fourth-order valence-electron chi connectivity index (χ4n) is 3.77. The lowest BCUT2D eigenvalue weighted by Crippen LogP contribution is -2.62. The molecule has 0 aromatic carbocycles. The largest absolute Gasteiger partial charge is 0.392 e. The lowest BCUT2D eigenvalue weighted by atomic mass is 9.58. The van der Waals surface area contributed by atoms with Gasteiger partial charge in [-0.15, -0.1) is 0 Å². The van der Waals surface area contributed by atoms with Gasteiger partial charge in [0, 0.05) is 44.3 Å². The van der Waals surface area contributed by atoms with Crippen LogP contribution in [0.2, 0.25) is 0 Å². The van der Waals surface area contributed by atoms with Crippen LogP contribution in [0.25, 0.3) is 0 Å². The van der Waals surface area contributed by atoms with E-state index in [2.05, 4.69) is 5.10 Å². The molecule has 2 heterocycles. The first kappa shape index (κ1) is 15.5. The van der Waals surface area contributed by atoms with Gasteiger partial charge in [-0.05, 0) is 26.7 Å². The first-order valence-corrected chi connectivity index (χ1v) is 8.22. The number of aliphatic hydroxyl groups excluding tert-OH is 1. The van der Waals surface area contributed by atoms with Gasteiger partial charge in [0.15, 0.2) is 0 Å². The van der Waals surface area contributed by atoms with E-state index >= 15 is 0 Å². The minimum Gasteiger partial charge on any atom is -0.392 e. The molecule has 122 valence electrons. The maximum Gasteiger partial charge on any atom is 0.257 e. The molecule has 1 aromatic rings. The summed E-state index contributed by atoms with van der Waals surface area (Å²) in [7, 11) is 0. The van der Waals surface area contributed by atoms with Gasteiger partial charge in [0.25, 0.3) is 5.91 Å². The summed E-state index contributed by atoms with van der Waals surface area (Å²) in [5.41, 5.74) is 0.508. The molecule has 3 rings (SSSR count). The molecule has 0 radical (unpaired) electrons. The minimum absolute atomic E-state index is 0.0383. The zero-order valence-corrected chi connectivity index (χ0v) is 13.4. The van der Waals surface area contributed by atoms with Crippen molar-refractivity contribution in [1.82, 2.24) is 14.7 Å². The zero-order chi connectivity index (χ0) is 15.7. The van der Waals surface area contributed by atoms with Crippen molar-refractivity contribution in [2.24, 2.45) is 5.41 Å². The fourth-order valence-corrected chi connectivity index (χ4v) is 3.77. The Morgan fingerprint density at radius 3 is 2.73 bits per heavy atom. The van der Waals surface area contributed by atoms with Crippen molar-refractivity contribution in [3.63, 3.8) is 0 Å². The van der Waals surface area contributed by atoms with E-state index in [-0.39, 0.29) is 23.5 Å². The molecule has 1 aliphatic carbocycles. The maximum absolute atomic E-state index is 12.5. The molecule has 1 spiro atoms. The van der Waals surface area contributed by atoms with Crippen LogP contribution >= 0.6 is 0 Å². The summed E-state index contributed by atoms with van der Waals surface area (Å²) >= 11 is 0. The fraction of sp³-hybridized carbons (Fsp3) is 0.750. The third-order valence-corrected chi connectivity index (χ3v) is 5.30. The van der Waals surface area contributed by atoms with Crippen LogP contribution in [0.1, 0.15) is 43.5 Å². The van der Waals surface area contributed by atoms with Gasteiger partial charge in [0.2, 0.25) is 0 Å². The molecule has 6 nitrogen and oxygen atoms in total. The van der Waals surface area contributed by atoms with Crippen molar-refractivity contribution in [1.29, 1.82) is 0 Å². The summed E-state index contributed by atoms with van der Waals surface area (Å²) in [6.07, 6.45) is 5.65. The number of amides is 1. The third-order valence-electron chi connectivity index (χ3n) is 5.30. The van der Waals surface area contributed by atoms with E-state index in [1.54, 1.807) is 17.1 Å². The highest BCUT2D eigenvalue weighted by molar-refractivity contribution is 5.93. The van der Waals surface area contributed by atoms with Crippen LogP contribution in [0.15, 0.2) is 12.4 Å². The molecule has 2 fully saturated rings. The highest BCUT2D eigenvalue weighted by atomic mass is 16.5. The lowest BCUT2D eigenvalue weighted by molar-refractivity contribution is -0.207. The van der Waals surface area contributed by atoms with Gasteiger partial charge in [-0.3, -0.25) is 9.48 Å². The first-order valence-electron chi connectivity index (χ1n) is 8.22. The zero-order valence-electron chi connectivity index (χ0n) is 13.4. The molecule has 1 saturated carbocycles. The Hall–Kier alpha value is -1.40. The predicted molar refractivity (Wildman–Crippen MR) is 81.5 cm³/mol. The van der Waals surface area contributed by atoms with Gasteiger partial charge >= 0.3 is 0 Å². The van der Waals surface area contributed by atoms with Crippen molar-refractivity contribution in [3.8, 4) is 0 Å². The van der Waals surface area contributed by atoms with Gasteiger partial charge in [-0.25, -0.2) is 0 Å². The van der Waals surface area contributed by atoms with Crippen LogP contribution < -0.4 is 0 Å². The number of ether oxygens (including phenoxy) is 1. The van der Waals surface area contributed by atoms with E-state index in [1.165, 1.54) is 0 Å². The number of likely N-dealkylation sites (tertiary alicyclic amines) is 1. The summed E-state index contributed by atoms with van der Waals surface area (Å²) in [4.78, 5) is 14.4. The van der Waals surface area contributed by atoms with Crippen LogP contribution in [-0.4, -0.2) is 57.6 Å². The normalized spacial score (nSPS) is 27.0. The second-order valence-corrected chi connectivity index (χ2v) is 6.31. The number of rotatable bonds is 4. The Morgan fingerprint density at radius 2 is 2.18 bits per heavy atom. The Kier molecular flexibility index (Phi) is 4.23. The summed E-state index contributed by atoms with van der Waals surface area (Å²) < 4.78 is 7.53. The molecule has 1 aromatic heterocycles. The Balaban J connectivity index is 1.62. The van der Waals surface area contributed by atoms with E-state index in [9.17, 15) is 9.90 Å². The number of piperidine rings is 1. The topological polar surface area (TPSA) is 67.6 Å². The number of carbonyl (C=O) groups excluding carboxylic acids is 1. The maximum atomic E-state index is 12.5. The minimum atomic E-state index is -0.288. The number of carbonyl (C=O) groups is 1. The molecule has 0 bridgehead atoms. The van der Waals surface area contributed by atoms with Crippen molar-refractivity contribution in [3.05, 3.63) is 18.0 Å². The molecular formula is C16H25N3O3. The second kappa shape index (κ2) is 6.01. The molecule has 2 atom stereocenters. The van der Waals surface area contributed by atoms with Crippen LogP contribution in [0.4, 0.5) is 0 Å². The average Bonchev–Trinajstić information content (AvgIpc) is 3.03. The van der Waals surface area contributed by atoms with Gasteiger partial charge in [-0.1, -0.05) is 0 Å². The van der Waals surface area contributed by atoms with Crippen molar-refractivity contribution in [2.45, 2.75) is 51.9 Å². The summed E-state index contributed by atoms with van der Waals surface area (Å²) in [5.74, 6) is 0.0383. The molecule has 1 saturated heterocycles. The molecule has 2 unspecified atom stereocenters. The average molecular weight is 307 g/mol. The monoisotopic (exact) mass is 307 g/mol. The van der Waals surface area contributed by atoms with E-state index in [1.807, 2.05) is 18.7 Å². The SMILES string of the molecule is CCOC1CC(O)C12CCN(C(=O)c1cnn(CC)c1)CC2. The first-order chi connectivity index (χ1) is 10.6. The highest BCUT2D eigenvalue weighted by Crippen LogP contribution is 2.51. The van der Waals surface area contributed by atoms with Crippen molar-refractivity contribution >= 4 is 5.91 Å². The highest BCUT2D eigenvalue weighted by Gasteiger charge is 2.56. The number of hydrogen-bond acceptors (Lipinski definition) is 4. The molecule has 1 aliphatic heterocycles. The van der Waals surface area contributed by atoms with Gasteiger partial charge in [0.05, 0.1) is 24.0 Å². The predicted octanol–water partition coefficient (Wildman–Crippen LogP) is 1.30. The molecule has 1 amide bonds.